The van der Waals surface area contributed by atoms with E-state index in [2.05, 4.69) is 29.0 Å². The number of rotatable bonds is 2. The first-order chi connectivity index (χ1) is 6.88. The molecule has 0 amide bonds. The summed E-state index contributed by atoms with van der Waals surface area (Å²) in [7, 11) is 2.33. The maximum Gasteiger partial charge on any atom is 0.0220 e. The zero-order chi connectivity index (χ0) is 9.80. The summed E-state index contributed by atoms with van der Waals surface area (Å²) < 4.78 is 0. The highest BCUT2D eigenvalue weighted by molar-refractivity contribution is 7.99. The number of nitrogens with zero attached hydrogens (tertiary/aromatic N) is 1. The standard InChI is InChI=1S/C11H22N2S/c1-13(11-5-7-14-9-11)10-4-2-3-6-12-8-10/h10-12H,2-9H2,1H3. The molecule has 0 aromatic carbocycles. The topological polar surface area (TPSA) is 15.3 Å². The molecule has 0 spiro atoms. The largest absolute Gasteiger partial charge is 0.315 e. The lowest BCUT2D eigenvalue weighted by atomic mass is 10.1. The average Bonchev–Trinajstić information content (AvgIpc) is 2.59. The molecule has 3 heteroatoms. The number of hydrogen-bond acceptors (Lipinski definition) is 3. The van der Waals surface area contributed by atoms with E-state index in [4.69, 9.17) is 0 Å². The number of nitrogens with one attached hydrogen (secondary N) is 1. The summed E-state index contributed by atoms with van der Waals surface area (Å²) in [6.45, 7) is 2.43. The van der Waals surface area contributed by atoms with Crippen LogP contribution in [0.4, 0.5) is 0 Å². The minimum absolute atomic E-state index is 0.793. The predicted molar refractivity (Wildman–Crippen MR) is 64.0 cm³/mol. The molecule has 82 valence electrons. The van der Waals surface area contributed by atoms with Crippen LogP contribution in [0.15, 0.2) is 0 Å². The third-order valence-corrected chi connectivity index (χ3v) is 4.72. The van der Waals surface area contributed by atoms with Crippen molar-refractivity contribution in [2.75, 3.05) is 31.6 Å². The van der Waals surface area contributed by atoms with Gasteiger partial charge >= 0.3 is 0 Å². The van der Waals surface area contributed by atoms with Gasteiger partial charge in [-0.05, 0) is 38.6 Å². The first-order valence-corrected chi connectivity index (χ1v) is 7.04. The first kappa shape index (κ1) is 10.8. The number of hydrogen-bond donors (Lipinski definition) is 1. The molecular weight excluding hydrogens is 192 g/mol. The lowest BCUT2D eigenvalue weighted by Gasteiger charge is -2.32. The highest BCUT2D eigenvalue weighted by Gasteiger charge is 2.26. The Morgan fingerprint density at radius 3 is 2.93 bits per heavy atom. The van der Waals surface area contributed by atoms with Crippen LogP contribution < -0.4 is 5.32 Å². The monoisotopic (exact) mass is 214 g/mol. The third kappa shape index (κ3) is 2.65. The third-order valence-electron chi connectivity index (χ3n) is 3.58. The van der Waals surface area contributed by atoms with Gasteiger partial charge in [0.2, 0.25) is 0 Å². The highest BCUT2D eigenvalue weighted by Crippen LogP contribution is 2.24. The molecule has 0 aromatic rings. The highest BCUT2D eigenvalue weighted by atomic mass is 32.2. The molecule has 2 atom stereocenters. The van der Waals surface area contributed by atoms with E-state index in [1.54, 1.807) is 0 Å². The molecule has 0 aromatic heterocycles. The van der Waals surface area contributed by atoms with E-state index in [-0.39, 0.29) is 0 Å². The van der Waals surface area contributed by atoms with Crippen LogP contribution in [0.1, 0.15) is 25.7 Å². The van der Waals surface area contributed by atoms with Gasteiger partial charge in [-0.1, -0.05) is 6.42 Å². The Hall–Kier alpha value is 0.270. The Kier molecular flexibility index (Phi) is 4.14. The van der Waals surface area contributed by atoms with Gasteiger partial charge in [0.1, 0.15) is 0 Å². The Balaban J connectivity index is 1.84. The summed E-state index contributed by atoms with van der Waals surface area (Å²) >= 11 is 2.12. The van der Waals surface area contributed by atoms with E-state index in [9.17, 15) is 0 Å². The van der Waals surface area contributed by atoms with Crippen LogP contribution in [0.5, 0.6) is 0 Å². The Morgan fingerprint density at radius 1 is 1.21 bits per heavy atom. The molecule has 14 heavy (non-hydrogen) atoms. The van der Waals surface area contributed by atoms with Gasteiger partial charge in [0.15, 0.2) is 0 Å². The lowest BCUT2D eigenvalue weighted by molar-refractivity contribution is 0.179. The maximum absolute atomic E-state index is 3.55. The molecule has 0 aliphatic carbocycles. The maximum atomic E-state index is 3.55. The lowest BCUT2D eigenvalue weighted by Crippen LogP contribution is -2.44. The zero-order valence-electron chi connectivity index (χ0n) is 9.17. The van der Waals surface area contributed by atoms with Gasteiger partial charge in [0.25, 0.3) is 0 Å². The van der Waals surface area contributed by atoms with Gasteiger partial charge in [-0.25, -0.2) is 0 Å². The SMILES string of the molecule is CN(C1CCCCNC1)C1CCSC1. The molecule has 0 saturated carbocycles. The van der Waals surface area contributed by atoms with Gasteiger partial charge in [0, 0.05) is 24.4 Å². The quantitative estimate of drug-likeness (QED) is 0.751. The molecule has 2 saturated heterocycles. The summed E-state index contributed by atoms with van der Waals surface area (Å²) in [5, 5.41) is 3.55. The van der Waals surface area contributed by atoms with Crippen LogP contribution in [-0.2, 0) is 0 Å². The Bertz CT molecular complexity index is 161. The summed E-state index contributed by atoms with van der Waals surface area (Å²) in [5.41, 5.74) is 0. The zero-order valence-corrected chi connectivity index (χ0v) is 9.98. The minimum Gasteiger partial charge on any atom is -0.315 e. The van der Waals surface area contributed by atoms with Crippen LogP contribution in [0.3, 0.4) is 0 Å². The summed E-state index contributed by atoms with van der Waals surface area (Å²) in [6.07, 6.45) is 5.56. The van der Waals surface area contributed by atoms with E-state index < -0.39 is 0 Å². The molecule has 2 fully saturated rings. The van der Waals surface area contributed by atoms with Crippen molar-refractivity contribution in [1.82, 2.24) is 10.2 Å². The normalized spacial score (nSPS) is 34.7. The van der Waals surface area contributed by atoms with Crippen LogP contribution in [-0.4, -0.2) is 48.6 Å². The second-order valence-corrected chi connectivity index (χ2v) is 5.69. The minimum atomic E-state index is 0.793. The van der Waals surface area contributed by atoms with E-state index in [1.165, 1.54) is 50.3 Å². The molecule has 0 radical (unpaired) electrons. The molecule has 2 nitrogen and oxygen atoms in total. The van der Waals surface area contributed by atoms with Crippen LogP contribution >= 0.6 is 11.8 Å². The van der Waals surface area contributed by atoms with E-state index in [0.717, 1.165) is 12.1 Å². The number of thioether (sulfide) groups is 1. The van der Waals surface area contributed by atoms with Gasteiger partial charge in [-0.15, -0.1) is 0 Å². The van der Waals surface area contributed by atoms with Crippen molar-refractivity contribution in [1.29, 1.82) is 0 Å². The molecule has 1 N–H and O–H groups in total. The van der Waals surface area contributed by atoms with Crippen LogP contribution in [0, 0.1) is 0 Å². The molecule has 0 bridgehead atoms. The summed E-state index contributed by atoms with van der Waals surface area (Å²) in [6, 6.07) is 1.64. The second kappa shape index (κ2) is 5.38. The van der Waals surface area contributed by atoms with Crippen molar-refractivity contribution < 1.29 is 0 Å². The fourth-order valence-corrected chi connectivity index (χ4v) is 3.77. The molecular formula is C11H22N2S. The van der Waals surface area contributed by atoms with E-state index in [0.29, 0.717) is 0 Å². The van der Waals surface area contributed by atoms with Gasteiger partial charge in [0.05, 0.1) is 0 Å². The van der Waals surface area contributed by atoms with Crippen molar-refractivity contribution in [3.05, 3.63) is 0 Å². The van der Waals surface area contributed by atoms with E-state index >= 15 is 0 Å². The van der Waals surface area contributed by atoms with Crippen molar-refractivity contribution in [2.45, 2.75) is 37.8 Å². The van der Waals surface area contributed by atoms with Crippen LogP contribution in [0.2, 0.25) is 0 Å². The molecule has 2 heterocycles. The fourth-order valence-electron chi connectivity index (χ4n) is 2.49. The molecule has 2 unspecified atom stereocenters. The predicted octanol–water partition coefficient (Wildman–Crippen LogP) is 1.57. The van der Waals surface area contributed by atoms with Gasteiger partial charge in [-0.3, -0.25) is 4.90 Å². The van der Waals surface area contributed by atoms with Crippen molar-refractivity contribution in [3.8, 4) is 0 Å². The molecule has 2 aliphatic rings. The van der Waals surface area contributed by atoms with Crippen molar-refractivity contribution in [3.63, 3.8) is 0 Å². The van der Waals surface area contributed by atoms with E-state index in [1.807, 2.05) is 0 Å². The van der Waals surface area contributed by atoms with Crippen molar-refractivity contribution in [2.24, 2.45) is 0 Å². The summed E-state index contributed by atoms with van der Waals surface area (Å²) in [4.78, 5) is 2.64. The fraction of sp³-hybridized carbons (Fsp3) is 1.00. The Morgan fingerprint density at radius 2 is 2.14 bits per heavy atom. The first-order valence-electron chi connectivity index (χ1n) is 5.88. The second-order valence-electron chi connectivity index (χ2n) is 4.54. The number of likely N-dealkylation sites (N-methyl/N-ethyl adjacent to an activating group) is 1. The average molecular weight is 214 g/mol. The van der Waals surface area contributed by atoms with Crippen LogP contribution in [0.25, 0.3) is 0 Å². The van der Waals surface area contributed by atoms with Gasteiger partial charge < -0.3 is 5.32 Å². The molecule has 2 aliphatic heterocycles. The summed E-state index contributed by atoms with van der Waals surface area (Å²) in [5.74, 6) is 2.72. The van der Waals surface area contributed by atoms with Crippen molar-refractivity contribution >= 4 is 11.8 Å². The van der Waals surface area contributed by atoms with Gasteiger partial charge in [-0.2, -0.15) is 11.8 Å². The Labute approximate surface area is 91.8 Å². The smallest absolute Gasteiger partial charge is 0.0220 e. The molecule has 2 rings (SSSR count).